The van der Waals surface area contributed by atoms with E-state index in [0.717, 1.165) is 0 Å². The standard InChI is InChI=1S/C14H14N2O4S/c17-7-6-16(14(20)15-11-5-8-21-9-11)12-3-1-10(2-4-12)13(18)19/h1-5,8-9,17H,6-7H2,(H,15,20)(H,18,19). The van der Waals surface area contributed by atoms with Gasteiger partial charge in [0.2, 0.25) is 0 Å². The summed E-state index contributed by atoms with van der Waals surface area (Å²) in [6.45, 7) is -0.0832. The lowest BCUT2D eigenvalue weighted by Crippen LogP contribution is -2.37. The van der Waals surface area contributed by atoms with Crippen LogP contribution in [-0.2, 0) is 0 Å². The van der Waals surface area contributed by atoms with Crippen LogP contribution >= 0.6 is 11.3 Å². The van der Waals surface area contributed by atoms with Gasteiger partial charge in [-0.25, -0.2) is 9.59 Å². The average Bonchev–Trinajstić information content (AvgIpc) is 2.97. The summed E-state index contributed by atoms with van der Waals surface area (Å²) in [5.41, 5.74) is 1.33. The van der Waals surface area contributed by atoms with E-state index in [2.05, 4.69) is 5.32 Å². The van der Waals surface area contributed by atoms with E-state index in [4.69, 9.17) is 10.2 Å². The minimum absolute atomic E-state index is 0.113. The van der Waals surface area contributed by atoms with Crippen LogP contribution in [-0.4, -0.2) is 35.4 Å². The number of aliphatic hydroxyl groups is 1. The number of anilines is 2. The molecule has 2 amide bonds. The van der Waals surface area contributed by atoms with Crippen LogP contribution < -0.4 is 10.2 Å². The Bertz CT molecular complexity index is 610. The monoisotopic (exact) mass is 306 g/mol. The number of amides is 2. The topological polar surface area (TPSA) is 89.9 Å². The highest BCUT2D eigenvalue weighted by Gasteiger charge is 2.16. The van der Waals surface area contributed by atoms with Crippen LogP contribution in [0, 0.1) is 0 Å². The molecule has 0 spiro atoms. The van der Waals surface area contributed by atoms with E-state index in [9.17, 15) is 9.59 Å². The number of nitrogens with zero attached hydrogens (tertiary/aromatic N) is 1. The van der Waals surface area contributed by atoms with E-state index in [0.29, 0.717) is 11.4 Å². The fraction of sp³-hybridized carbons (Fsp3) is 0.143. The molecule has 0 aliphatic heterocycles. The lowest BCUT2D eigenvalue weighted by atomic mass is 10.2. The van der Waals surface area contributed by atoms with Crippen molar-refractivity contribution in [3.63, 3.8) is 0 Å². The molecule has 110 valence electrons. The number of aliphatic hydroxyl groups excluding tert-OH is 1. The van der Waals surface area contributed by atoms with Crippen molar-refractivity contribution in [3.05, 3.63) is 46.7 Å². The summed E-state index contributed by atoms with van der Waals surface area (Å²) < 4.78 is 0. The van der Waals surface area contributed by atoms with Crippen molar-refractivity contribution in [3.8, 4) is 0 Å². The van der Waals surface area contributed by atoms with Crippen molar-refractivity contribution < 1.29 is 19.8 Å². The van der Waals surface area contributed by atoms with Crippen LogP contribution in [0.2, 0.25) is 0 Å². The molecule has 0 radical (unpaired) electrons. The molecular formula is C14H14N2O4S. The zero-order valence-electron chi connectivity index (χ0n) is 11.0. The van der Waals surface area contributed by atoms with Gasteiger partial charge in [0.05, 0.1) is 24.4 Å². The lowest BCUT2D eigenvalue weighted by molar-refractivity contribution is 0.0697. The van der Waals surface area contributed by atoms with E-state index in [1.165, 1.54) is 40.5 Å². The third kappa shape index (κ3) is 3.80. The number of carbonyl (C=O) groups excluding carboxylic acids is 1. The van der Waals surface area contributed by atoms with Crippen LogP contribution in [0.1, 0.15) is 10.4 Å². The average molecular weight is 306 g/mol. The molecule has 7 heteroatoms. The van der Waals surface area contributed by atoms with Gasteiger partial charge in [-0.2, -0.15) is 11.3 Å². The number of carboxylic acids is 1. The number of aromatic carboxylic acids is 1. The van der Waals surface area contributed by atoms with Crippen LogP contribution in [0.5, 0.6) is 0 Å². The minimum atomic E-state index is -1.03. The zero-order chi connectivity index (χ0) is 15.2. The molecule has 1 aromatic heterocycles. The van der Waals surface area contributed by atoms with Gasteiger partial charge in [-0.1, -0.05) is 0 Å². The van der Waals surface area contributed by atoms with E-state index in [-0.39, 0.29) is 24.7 Å². The summed E-state index contributed by atoms with van der Waals surface area (Å²) in [6.07, 6.45) is 0. The van der Waals surface area contributed by atoms with Gasteiger partial charge in [0, 0.05) is 11.1 Å². The zero-order valence-corrected chi connectivity index (χ0v) is 11.8. The first kappa shape index (κ1) is 15.0. The smallest absolute Gasteiger partial charge is 0.335 e. The first-order valence-corrected chi connectivity index (χ1v) is 7.11. The molecule has 2 rings (SSSR count). The van der Waals surface area contributed by atoms with Gasteiger partial charge in [0.25, 0.3) is 0 Å². The number of hydrogen-bond acceptors (Lipinski definition) is 4. The number of carboxylic acid groups (broad SMARTS) is 1. The fourth-order valence-corrected chi connectivity index (χ4v) is 2.35. The normalized spacial score (nSPS) is 10.1. The van der Waals surface area contributed by atoms with E-state index >= 15 is 0 Å². The number of thiophene rings is 1. The summed E-state index contributed by atoms with van der Waals surface area (Å²) in [4.78, 5) is 24.4. The lowest BCUT2D eigenvalue weighted by Gasteiger charge is -2.22. The van der Waals surface area contributed by atoms with Crippen molar-refractivity contribution in [2.45, 2.75) is 0 Å². The van der Waals surface area contributed by atoms with Crippen molar-refractivity contribution in [1.82, 2.24) is 0 Å². The summed E-state index contributed by atoms with van der Waals surface area (Å²) in [5, 5.41) is 24.3. The predicted octanol–water partition coefficient (Wildman–Crippen LogP) is 2.48. The maximum atomic E-state index is 12.2. The fourth-order valence-electron chi connectivity index (χ4n) is 1.76. The SMILES string of the molecule is O=C(O)c1ccc(N(CCO)C(=O)Nc2ccsc2)cc1. The van der Waals surface area contributed by atoms with Crippen LogP contribution in [0.3, 0.4) is 0 Å². The third-order valence-electron chi connectivity index (χ3n) is 2.77. The second-order valence-corrected chi connectivity index (χ2v) is 4.95. The summed E-state index contributed by atoms with van der Waals surface area (Å²) in [7, 11) is 0. The Hall–Kier alpha value is -2.38. The van der Waals surface area contributed by atoms with Crippen molar-refractivity contribution in [2.75, 3.05) is 23.4 Å². The molecular weight excluding hydrogens is 292 g/mol. The molecule has 0 saturated heterocycles. The van der Waals surface area contributed by atoms with Crippen LogP contribution in [0.15, 0.2) is 41.1 Å². The molecule has 2 aromatic rings. The molecule has 0 aliphatic rings. The van der Waals surface area contributed by atoms with Gasteiger partial charge in [-0.3, -0.25) is 4.90 Å². The van der Waals surface area contributed by atoms with Gasteiger partial charge in [0.1, 0.15) is 0 Å². The molecule has 1 heterocycles. The van der Waals surface area contributed by atoms with E-state index in [1.807, 2.05) is 5.38 Å². The number of carbonyl (C=O) groups is 2. The second kappa shape index (κ2) is 6.87. The van der Waals surface area contributed by atoms with Crippen molar-refractivity contribution in [1.29, 1.82) is 0 Å². The molecule has 3 N–H and O–H groups in total. The molecule has 0 aliphatic carbocycles. The second-order valence-electron chi connectivity index (χ2n) is 4.17. The van der Waals surface area contributed by atoms with Crippen molar-refractivity contribution in [2.24, 2.45) is 0 Å². The van der Waals surface area contributed by atoms with Crippen LogP contribution in [0.4, 0.5) is 16.2 Å². The Kier molecular flexibility index (Phi) is 4.91. The Morgan fingerprint density at radius 3 is 2.43 bits per heavy atom. The first-order chi connectivity index (χ1) is 10.1. The van der Waals surface area contributed by atoms with Gasteiger partial charge in [-0.15, -0.1) is 0 Å². The Balaban J connectivity index is 2.17. The molecule has 0 bridgehead atoms. The summed E-state index contributed by atoms with van der Waals surface area (Å²) >= 11 is 1.46. The highest BCUT2D eigenvalue weighted by molar-refractivity contribution is 7.08. The molecule has 0 atom stereocenters. The molecule has 1 aromatic carbocycles. The molecule has 6 nitrogen and oxygen atoms in total. The summed E-state index contributed by atoms with van der Waals surface area (Å²) in [6, 6.07) is 7.29. The third-order valence-corrected chi connectivity index (χ3v) is 3.45. The first-order valence-electron chi connectivity index (χ1n) is 6.16. The van der Waals surface area contributed by atoms with Gasteiger partial charge in [-0.05, 0) is 35.7 Å². The molecule has 0 saturated carbocycles. The molecule has 0 fully saturated rings. The number of urea groups is 1. The van der Waals surface area contributed by atoms with Crippen LogP contribution in [0.25, 0.3) is 0 Å². The van der Waals surface area contributed by atoms with E-state index in [1.54, 1.807) is 11.4 Å². The highest BCUT2D eigenvalue weighted by atomic mass is 32.1. The molecule has 21 heavy (non-hydrogen) atoms. The van der Waals surface area contributed by atoms with Crippen molar-refractivity contribution >= 4 is 34.7 Å². The number of rotatable bonds is 5. The Morgan fingerprint density at radius 2 is 1.90 bits per heavy atom. The predicted molar refractivity (Wildman–Crippen MR) is 81.2 cm³/mol. The number of nitrogens with one attached hydrogen (secondary N) is 1. The highest BCUT2D eigenvalue weighted by Crippen LogP contribution is 2.18. The van der Waals surface area contributed by atoms with Gasteiger partial charge in [0.15, 0.2) is 0 Å². The maximum Gasteiger partial charge on any atom is 0.335 e. The quantitative estimate of drug-likeness (QED) is 0.791. The maximum absolute atomic E-state index is 12.2. The molecule has 0 unspecified atom stereocenters. The number of benzene rings is 1. The minimum Gasteiger partial charge on any atom is -0.478 e. The Labute approximate surface area is 125 Å². The largest absolute Gasteiger partial charge is 0.478 e. The van der Waals surface area contributed by atoms with Gasteiger partial charge < -0.3 is 15.5 Å². The van der Waals surface area contributed by atoms with E-state index < -0.39 is 5.97 Å². The van der Waals surface area contributed by atoms with Gasteiger partial charge >= 0.3 is 12.0 Å². The summed E-state index contributed by atoms with van der Waals surface area (Å²) in [5.74, 6) is -1.03. The number of hydrogen-bond donors (Lipinski definition) is 3. The Morgan fingerprint density at radius 1 is 1.19 bits per heavy atom.